The molecule has 0 aromatic rings. The molecule has 1 atom stereocenters. The third-order valence-corrected chi connectivity index (χ3v) is 3.25. The Morgan fingerprint density at radius 3 is 1.78 bits per heavy atom. The molecular weight excluding hydrogens is 130 g/mol. The summed E-state index contributed by atoms with van der Waals surface area (Å²) in [5.41, 5.74) is 0. The molecule has 0 bridgehead atoms. The third kappa shape index (κ3) is 4.64. The van der Waals surface area contributed by atoms with Crippen molar-refractivity contribution in [2.75, 3.05) is 5.75 Å². The summed E-state index contributed by atoms with van der Waals surface area (Å²) in [6, 6.07) is 0. The molecule has 0 saturated carbocycles. The lowest BCUT2D eigenvalue weighted by molar-refractivity contribution is 0.744. The molecule has 1 N–H and O–H groups in total. The second kappa shape index (κ2) is 4.04. The van der Waals surface area contributed by atoms with Crippen molar-refractivity contribution in [3.8, 4) is 0 Å². The van der Waals surface area contributed by atoms with Crippen molar-refractivity contribution in [1.82, 2.24) is 0 Å². The van der Waals surface area contributed by atoms with E-state index in [-0.39, 0.29) is 10.7 Å². The van der Waals surface area contributed by atoms with Gasteiger partial charge in [-0.3, -0.25) is 4.78 Å². The van der Waals surface area contributed by atoms with Gasteiger partial charge in [0.25, 0.3) is 0 Å². The van der Waals surface area contributed by atoms with E-state index in [1.165, 1.54) is 0 Å². The highest BCUT2D eigenvalue weighted by atomic mass is 32.2. The molecule has 0 saturated heterocycles. The fraction of sp³-hybridized carbons (Fsp3) is 1.00. The maximum Gasteiger partial charge on any atom is 0.00959 e. The van der Waals surface area contributed by atoms with Gasteiger partial charge in [0.15, 0.2) is 0 Å². The quantitative estimate of drug-likeness (QED) is 0.634. The van der Waals surface area contributed by atoms with Crippen molar-refractivity contribution in [2.24, 2.45) is 5.92 Å². The molecule has 0 rings (SSSR count). The molecular formula is C7H17NS. The van der Waals surface area contributed by atoms with Crippen LogP contribution in [0.4, 0.5) is 0 Å². The van der Waals surface area contributed by atoms with Crippen molar-refractivity contribution < 1.29 is 0 Å². The average molecular weight is 147 g/mol. The summed E-state index contributed by atoms with van der Waals surface area (Å²) in [5, 5.41) is 0.549. The molecule has 0 aliphatic heterocycles. The number of hydrogen-bond donors (Lipinski definition) is 1. The van der Waals surface area contributed by atoms with E-state index in [9.17, 15) is 0 Å². The smallest absolute Gasteiger partial charge is 0.00959 e. The zero-order valence-corrected chi connectivity index (χ0v) is 7.59. The van der Waals surface area contributed by atoms with Crippen LogP contribution in [0.15, 0.2) is 0 Å². The van der Waals surface area contributed by atoms with Gasteiger partial charge < -0.3 is 0 Å². The fourth-order valence-corrected chi connectivity index (χ4v) is 1.65. The van der Waals surface area contributed by atoms with E-state index < -0.39 is 0 Å². The third-order valence-electron chi connectivity index (χ3n) is 1.08. The van der Waals surface area contributed by atoms with Gasteiger partial charge in [-0.15, -0.1) is 10.7 Å². The van der Waals surface area contributed by atoms with Gasteiger partial charge in [0.2, 0.25) is 0 Å². The average Bonchev–Trinajstić information content (AvgIpc) is 1.63. The monoisotopic (exact) mass is 147 g/mol. The van der Waals surface area contributed by atoms with Crippen LogP contribution in [0.1, 0.15) is 27.7 Å². The highest BCUT2D eigenvalue weighted by Crippen LogP contribution is 2.01. The lowest BCUT2D eigenvalue weighted by Crippen LogP contribution is -2.11. The highest BCUT2D eigenvalue weighted by molar-refractivity contribution is 7.86. The predicted octanol–water partition coefficient (Wildman–Crippen LogP) is 2.43. The summed E-state index contributed by atoms with van der Waals surface area (Å²) in [7, 11) is -0.102. The highest BCUT2D eigenvalue weighted by Gasteiger charge is 2.02. The molecule has 0 heterocycles. The standard InChI is InChI=1S/C7H17NS/c1-6(2)5-9(8)7(3)4/h6-8H,5H2,1-4H3. The van der Waals surface area contributed by atoms with Crippen molar-refractivity contribution in [1.29, 1.82) is 4.78 Å². The molecule has 0 fully saturated rings. The van der Waals surface area contributed by atoms with Gasteiger partial charge in [0.1, 0.15) is 0 Å². The Bertz CT molecular complexity index is 97.1. The first kappa shape index (κ1) is 9.15. The Morgan fingerprint density at radius 1 is 1.22 bits per heavy atom. The van der Waals surface area contributed by atoms with E-state index in [0.717, 1.165) is 5.75 Å². The van der Waals surface area contributed by atoms with E-state index in [2.05, 4.69) is 27.7 Å². The van der Waals surface area contributed by atoms with Crippen molar-refractivity contribution in [3.05, 3.63) is 0 Å². The van der Waals surface area contributed by atoms with Crippen LogP contribution in [-0.4, -0.2) is 11.0 Å². The Hall–Kier alpha value is 0.150. The molecule has 0 aliphatic carbocycles. The van der Waals surface area contributed by atoms with Crippen LogP contribution in [0.25, 0.3) is 0 Å². The maximum absolute atomic E-state index is 7.58. The summed E-state index contributed by atoms with van der Waals surface area (Å²) in [4.78, 5) is 0. The minimum atomic E-state index is -0.102. The second-order valence-electron chi connectivity index (χ2n) is 3.04. The second-order valence-corrected chi connectivity index (χ2v) is 5.17. The van der Waals surface area contributed by atoms with Gasteiger partial charge in [-0.05, 0) is 5.92 Å². The lowest BCUT2D eigenvalue weighted by Gasteiger charge is -2.10. The van der Waals surface area contributed by atoms with Gasteiger partial charge in [-0.2, -0.15) is 0 Å². The molecule has 0 aromatic heterocycles. The molecule has 9 heavy (non-hydrogen) atoms. The molecule has 1 nitrogen and oxygen atoms in total. The zero-order chi connectivity index (χ0) is 7.44. The van der Waals surface area contributed by atoms with Crippen molar-refractivity contribution in [2.45, 2.75) is 32.9 Å². The molecule has 0 spiro atoms. The molecule has 0 radical (unpaired) electrons. The van der Waals surface area contributed by atoms with Crippen LogP contribution >= 0.6 is 0 Å². The first-order valence-electron chi connectivity index (χ1n) is 3.45. The first-order chi connectivity index (χ1) is 4.04. The van der Waals surface area contributed by atoms with Crippen LogP contribution in [0.3, 0.4) is 0 Å². The van der Waals surface area contributed by atoms with Crippen LogP contribution in [-0.2, 0) is 10.7 Å². The summed E-state index contributed by atoms with van der Waals surface area (Å²) in [6.45, 7) is 8.60. The Kier molecular flexibility index (Phi) is 4.11. The molecule has 1 unspecified atom stereocenters. The van der Waals surface area contributed by atoms with Crippen molar-refractivity contribution in [3.63, 3.8) is 0 Å². The Morgan fingerprint density at radius 2 is 1.67 bits per heavy atom. The van der Waals surface area contributed by atoms with Crippen molar-refractivity contribution >= 4 is 10.7 Å². The SMILES string of the molecule is CC(C)CS(=N)C(C)C. The summed E-state index contributed by atoms with van der Waals surface area (Å²) in [6.07, 6.45) is 0. The lowest BCUT2D eigenvalue weighted by atomic mass is 10.3. The number of hydrogen-bond acceptors (Lipinski definition) is 1. The van der Waals surface area contributed by atoms with Crippen LogP contribution in [0, 0.1) is 10.7 Å². The minimum Gasteiger partial charge on any atom is -0.280 e. The van der Waals surface area contributed by atoms with E-state index in [0.29, 0.717) is 11.2 Å². The van der Waals surface area contributed by atoms with Gasteiger partial charge in [-0.25, -0.2) is 0 Å². The molecule has 2 heteroatoms. The maximum atomic E-state index is 7.58. The van der Waals surface area contributed by atoms with E-state index in [1.807, 2.05) is 0 Å². The van der Waals surface area contributed by atoms with Crippen LogP contribution in [0.5, 0.6) is 0 Å². The van der Waals surface area contributed by atoms with Gasteiger partial charge in [0, 0.05) is 11.0 Å². The molecule has 0 amide bonds. The number of rotatable bonds is 3. The number of nitrogens with one attached hydrogen (secondary N) is 1. The molecule has 0 aromatic carbocycles. The van der Waals surface area contributed by atoms with Gasteiger partial charge >= 0.3 is 0 Å². The van der Waals surface area contributed by atoms with E-state index >= 15 is 0 Å². The Balaban J connectivity index is 3.51. The van der Waals surface area contributed by atoms with Crippen LogP contribution in [0.2, 0.25) is 0 Å². The van der Waals surface area contributed by atoms with E-state index in [1.54, 1.807) is 0 Å². The minimum absolute atomic E-state index is 0.102. The van der Waals surface area contributed by atoms with Crippen LogP contribution < -0.4 is 0 Å². The zero-order valence-electron chi connectivity index (χ0n) is 6.77. The Labute approximate surface area is 60.7 Å². The molecule has 0 aliphatic rings. The van der Waals surface area contributed by atoms with Gasteiger partial charge in [-0.1, -0.05) is 27.7 Å². The predicted molar refractivity (Wildman–Crippen MR) is 44.9 cm³/mol. The first-order valence-corrected chi connectivity index (χ1v) is 4.90. The fourth-order valence-electron chi connectivity index (χ4n) is 0.552. The normalized spacial score (nSPS) is 14.9. The largest absolute Gasteiger partial charge is 0.280 e. The molecule has 56 valence electrons. The summed E-state index contributed by atoms with van der Waals surface area (Å²) in [5.74, 6) is 1.76. The summed E-state index contributed by atoms with van der Waals surface area (Å²) < 4.78 is 7.58. The summed E-state index contributed by atoms with van der Waals surface area (Å²) >= 11 is 0. The topological polar surface area (TPSA) is 23.9 Å². The van der Waals surface area contributed by atoms with Gasteiger partial charge in [0.05, 0.1) is 0 Å². The van der Waals surface area contributed by atoms with E-state index in [4.69, 9.17) is 4.78 Å².